The van der Waals surface area contributed by atoms with Crippen molar-refractivity contribution in [2.45, 2.75) is 44.7 Å². The molecule has 8 nitrogen and oxygen atoms in total. The Kier molecular flexibility index (Phi) is 11.3. The molecule has 1 aliphatic heterocycles. The van der Waals surface area contributed by atoms with Crippen molar-refractivity contribution < 1.29 is 28.6 Å². The molecule has 0 saturated heterocycles. The van der Waals surface area contributed by atoms with Crippen LogP contribution in [-0.4, -0.2) is 58.6 Å². The largest absolute Gasteiger partial charge is 0.463 e. The number of aromatic nitrogens is 1. The third kappa shape index (κ3) is 8.91. The number of hydrogen-bond acceptors (Lipinski definition) is 5. The molecule has 1 aromatic heterocycles. The van der Waals surface area contributed by atoms with Crippen molar-refractivity contribution in [3.8, 4) is 0 Å². The van der Waals surface area contributed by atoms with Crippen LogP contribution in [0.3, 0.4) is 0 Å². The zero-order valence-electron chi connectivity index (χ0n) is 25.7. The van der Waals surface area contributed by atoms with E-state index in [-0.39, 0.29) is 49.8 Å². The highest BCUT2D eigenvalue weighted by atomic mass is 19.1. The zero-order chi connectivity index (χ0) is 32.3. The first-order chi connectivity index (χ1) is 22.4. The van der Waals surface area contributed by atoms with Crippen molar-refractivity contribution in [3.05, 3.63) is 120 Å². The van der Waals surface area contributed by atoms with Crippen molar-refractivity contribution in [1.82, 2.24) is 15.2 Å². The molecule has 0 bridgehead atoms. The summed E-state index contributed by atoms with van der Waals surface area (Å²) in [5.74, 6) is -2.44. The maximum absolute atomic E-state index is 13.8. The molecule has 4 aromatic rings. The summed E-state index contributed by atoms with van der Waals surface area (Å²) in [6.45, 7) is 0.249. The average Bonchev–Trinajstić information content (AvgIpc) is 3.47. The lowest BCUT2D eigenvalue weighted by Gasteiger charge is -2.26. The van der Waals surface area contributed by atoms with Crippen molar-refractivity contribution in [1.29, 1.82) is 0 Å². The van der Waals surface area contributed by atoms with Gasteiger partial charge in [-0.25, -0.2) is 4.39 Å². The number of amides is 2. The van der Waals surface area contributed by atoms with E-state index in [0.717, 1.165) is 27.6 Å². The van der Waals surface area contributed by atoms with E-state index < -0.39 is 17.9 Å². The summed E-state index contributed by atoms with van der Waals surface area (Å²) in [5, 5.41) is 13.8. The van der Waals surface area contributed by atoms with Gasteiger partial charge in [0.25, 0.3) is 0 Å². The number of nitrogens with one attached hydrogen (secondary N) is 2. The first-order valence-electron chi connectivity index (χ1n) is 15.7. The highest BCUT2D eigenvalue weighted by molar-refractivity contribution is 5.87. The Morgan fingerprint density at radius 1 is 0.891 bits per heavy atom. The summed E-state index contributed by atoms with van der Waals surface area (Å²) in [4.78, 5) is 45.5. The number of cyclic esters (lactones) is 1. The Hall–Kier alpha value is -4.76. The fourth-order valence-corrected chi connectivity index (χ4v) is 5.87. The summed E-state index contributed by atoms with van der Waals surface area (Å²) in [6, 6.07) is 22.9. The molecule has 0 saturated carbocycles. The molecule has 1 aliphatic rings. The van der Waals surface area contributed by atoms with Crippen LogP contribution in [0.4, 0.5) is 4.39 Å². The first-order valence-corrected chi connectivity index (χ1v) is 15.7. The number of ether oxygens (including phenoxy) is 1. The number of rotatable bonds is 10. The molecule has 46 heavy (non-hydrogen) atoms. The summed E-state index contributed by atoms with van der Waals surface area (Å²) >= 11 is 0. The Morgan fingerprint density at radius 2 is 1.61 bits per heavy atom. The van der Waals surface area contributed by atoms with Gasteiger partial charge < -0.3 is 25.0 Å². The SMILES string of the molecule is O=C1N[C@@H](Cc2c[nH]c3ccccc23)COC(=O)[C@H](Cc2ccc(F)cc2)C/C=C\C[C@@H]1CC(=O)N(CCO)Cc1ccccc1. The lowest BCUT2D eigenvalue weighted by atomic mass is 9.93. The maximum Gasteiger partial charge on any atom is 0.309 e. The zero-order valence-corrected chi connectivity index (χ0v) is 25.7. The molecular weight excluding hydrogens is 585 g/mol. The lowest BCUT2D eigenvalue weighted by molar-refractivity contribution is -0.150. The molecule has 3 N–H and O–H groups in total. The maximum atomic E-state index is 13.8. The second-order valence-corrected chi connectivity index (χ2v) is 11.8. The predicted molar refractivity (Wildman–Crippen MR) is 174 cm³/mol. The summed E-state index contributed by atoms with van der Waals surface area (Å²) in [7, 11) is 0. The van der Waals surface area contributed by atoms with Crippen molar-refractivity contribution in [3.63, 3.8) is 0 Å². The number of halogens is 1. The quantitative estimate of drug-likeness (QED) is 0.168. The average molecular weight is 626 g/mol. The number of carbonyl (C=O) groups is 3. The van der Waals surface area contributed by atoms with Gasteiger partial charge in [-0.05, 0) is 60.6 Å². The van der Waals surface area contributed by atoms with Gasteiger partial charge in [-0.2, -0.15) is 0 Å². The van der Waals surface area contributed by atoms with Crippen LogP contribution >= 0.6 is 0 Å². The van der Waals surface area contributed by atoms with Gasteiger partial charge in [0.1, 0.15) is 12.4 Å². The predicted octanol–water partition coefficient (Wildman–Crippen LogP) is 5.11. The molecule has 9 heteroatoms. The third-order valence-electron chi connectivity index (χ3n) is 8.38. The topological polar surface area (TPSA) is 112 Å². The number of aliphatic hydroxyl groups is 1. The van der Waals surface area contributed by atoms with E-state index in [2.05, 4.69) is 10.3 Å². The van der Waals surface area contributed by atoms with E-state index in [4.69, 9.17) is 4.74 Å². The van der Waals surface area contributed by atoms with Crippen molar-refractivity contribution in [2.24, 2.45) is 11.8 Å². The van der Waals surface area contributed by atoms with Crippen LogP contribution in [0.1, 0.15) is 36.0 Å². The number of allylic oxidation sites excluding steroid dienone is 2. The Morgan fingerprint density at radius 3 is 2.37 bits per heavy atom. The number of esters is 1. The minimum absolute atomic E-state index is 0.0401. The minimum Gasteiger partial charge on any atom is -0.463 e. The van der Waals surface area contributed by atoms with Crippen LogP contribution in [0, 0.1) is 17.7 Å². The van der Waals surface area contributed by atoms with Gasteiger partial charge in [-0.3, -0.25) is 14.4 Å². The number of para-hydroxylation sites is 1. The smallest absolute Gasteiger partial charge is 0.309 e. The molecule has 0 spiro atoms. The molecule has 0 radical (unpaired) electrons. The standard InChI is InChI=1S/C37H40FN3O5/c38-31-16-14-26(15-17-31)20-29-11-5-4-10-28(22-35(43)41(18-19-42)24-27-8-2-1-3-9-27)36(44)40-32(25-46-37(29)45)21-30-23-39-34-13-7-6-12-33(30)34/h1-9,12-17,23,28-29,32,39,42H,10-11,18-22,24-25H2,(H,40,44)/b5-4-/t28-,29+,32+/m1/s1. The van der Waals surface area contributed by atoms with E-state index in [0.29, 0.717) is 32.2 Å². The van der Waals surface area contributed by atoms with E-state index in [1.165, 1.54) is 12.1 Å². The first kappa shape index (κ1) is 32.6. The molecule has 5 rings (SSSR count). The van der Waals surface area contributed by atoms with Crippen LogP contribution < -0.4 is 5.32 Å². The van der Waals surface area contributed by atoms with Crippen LogP contribution in [0.15, 0.2) is 97.2 Å². The van der Waals surface area contributed by atoms with Crippen molar-refractivity contribution in [2.75, 3.05) is 19.8 Å². The fraction of sp³-hybridized carbons (Fsp3) is 0.324. The minimum atomic E-state index is -0.670. The third-order valence-corrected chi connectivity index (χ3v) is 8.38. The molecule has 240 valence electrons. The normalized spacial score (nSPS) is 19.8. The molecule has 0 fully saturated rings. The van der Waals surface area contributed by atoms with Crippen molar-refractivity contribution >= 4 is 28.7 Å². The molecule has 0 unspecified atom stereocenters. The molecule has 2 heterocycles. The molecule has 0 aliphatic carbocycles. The van der Waals surface area contributed by atoms with Gasteiger partial charge in [0.2, 0.25) is 11.8 Å². The fourth-order valence-electron chi connectivity index (χ4n) is 5.87. The number of aromatic amines is 1. The summed E-state index contributed by atoms with van der Waals surface area (Å²) < 4.78 is 19.3. The Labute approximate surface area is 268 Å². The van der Waals surface area contributed by atoms with E-state index >= 15 is 0 Å². The van der Waals surface area contributed by atoms with E-state index in [9.17, 15) is 23.9 Å². The Bertz CT molecular complexity index is 1640. The molecular formula is C37H40FN3O5. The number of carbonyl (C=O) groups excluding carboxylic acids is 3. The number of benzene rings is 3. The van der Waals surface area contributed by atoms with E-state index in [1.54, 1.807) is 17.0 Å². The molecule has 2 amide bonds. The van der Waals surface area contributed by atoms with Crippen LogP contribution in [0.2, 0.25) is 0 Å². The second-order valence-electron chi connectivity index (χ2n) is 11.8. The van der Waals surface area contributed by atoms with Gasteiger partial charge in [0, 0.05) is 36.6 Å². The number of nitrogens with zero attached hydrogens (tertiary/aromatic N) is 1. The van der Waals surface area contributed by atoms with Gasteiger partial charge >= 0.3 is 5.97 Å². The van der Waals surface area contributed by atoms with Gasteiger partial charge in [-0.1, -0.05) is 72.8 Å². The van der Waals surface area contributed by atoms with Gasteiger partial charge in [0.15, 0.2) is 0 Å². The monoisotopic (exact) mass is 625 g/mol. The lowest BCUT2D eigenvalue weighted by Crippen LogP contribution is -2.45. The van der Waals surface area contributed by atoms with Crippen LogP contribution in [0.25, 0.3) is 10.9 Å². The summed E-state index contributed by atoms with van der Waals surface area (Å²) in [6.07, 6.45) is 7.00. The highest BCUT2D eigenvalue weighted by Gasteiger charge is 2.29. The highest BCUT2D eigenvalue weighted by Crippen LogP contribution is 2.22. The number of hydrogen-bond donors (Lipinski definition) is 3. The second kappa shape index (κ2) is 16.0. The van der Waals surface area contributed by atoms with Crippen LogP contribution in [-0.2, 0) is 38.5 Å². The number of H-pyrrole nitrogens is 1. The Balaban J connectivity index is 1.37. The van der Waals surface area contributed by atoms with Gasteiger partial charge in [0.05, 0.1) is 24.5 Å². The molecule has 3 atom stereocenters. The number of fused-ring (bicyclic) bond motifs is 1. The number of aliphatic hydroxyl groups excluding tert-OH is 1. The van der Waals surface area contributed by atoms with Gasteiger partial charge in [-0.15, -0.1) is 0 Å². The van der Waals surface area contributed by atoms with Crippen LogP contribution in [0.5, 0.6) is 0 Å². The molecule has 3 aromatic carbocycles. The summed E-state index contributed by atoms with van der Waals surface area (Å²) in [5.41, 5.74) is 3.68. The van der Waals surface area contributed by atoms with E-state index in [1.807, 2.05) is 72.9 Å².